The zero-order valence-electron chi connectivity index (χ0n) is 14.3. The van der Waals surface area contributed by atoms with Crippen molar-refractivity contribution >= 4 is 11.6 Å². The smallest absolute Gasteiger partial charge is 0.134 e. The van der Waals surface area contributed by atoms with E-state index < -0.39 is 0 Å². The maximum atomic E-state index is 9.53. The Balaban J connectivity index is 2.56. The zero-order valence-corrected chi connectivity index (χ0v) is 15.1. The zero-order chi connectivity index (χ0) is 16.5. The molecule has 1 aromatic carbocycles. The minimum atomic E-state index is 0.150. The van der Waals surface area contributed by atoms with E-state index in [2.05, 4.69) is 42.9 Å². The Morgan fingerprint density at radius 2 is 1.45 bits per heavy atom. The van der Waals surface area contributed by atoms with Crippen molar-refractivity contribution in [3.63, 3.8) is 0 Å². The molecule has 0 atom stereocenters. The second-order valence-electron chi connectivity index (χ2n) is 6.38. The van der Waals surface area contributed by atoms with Gasteiger partial charge in [0.2, 0.25) is 0 Å². The summed E-state index contributed by atoms with van der Waals surface area (Å²) in [6.07, 6.45) is 2.31. The molecule has 4 nitrogen and oxygen atoms in total. The maximum absolute atomic E-state index is 9.53. The predicted octanol–water partition coefficient (Wildman–Crippen LogP) is 2.75. The van der Waals surface area contributed by atoms with E-state index in [4.69, 9.17) is 11.6 Å². The molecule has 126 valence electrons. The van der Waals surface area contributed by atoms with Crippen LogP contribution in [0.4, 0.5) is 0 Å². The van der Waals surface area contributed by atoms with Crippen LogP contribution in [0.2, 0.25) is 5.02 Å². The molecule has 1 rings (SSSR count). The van der Waals surface area contributed by atoms with E-state index >= 15 is 0 Å². The lowest BCUT2D eigenvalue weighted by atomic mass is 10.2. The van der Waals surface area contributed by atoms with E-state index in [1.54, 1.807) is 6.07 Å². The van der Waals surface area contributed by atoms with E-state index in [0.29, 0.717) is 5.02 Å². The molecule has 0 radical (unpaired) electrons. The second kappa shape index (κ2) is 10.1. The van der Waals surface area contributed by atoms with E-state index in [1.807, 2.05) is 12.1 Å². The fraction of sp³-hybridized carbons (Fsp3) is 0.647. The SMILES string of the molecule is CN(C)CCCN(CCCN(C)C)Cc1ccc(O)c(Cl)c1. The summed E-state index contributed by atoms with van der Waals surface area (Å²) in [4.78, 5) is 6.90. The van der Waals surface area contributed by atoms with Crippen LogP contribution < -0.4 is 0 Å². The Bertz CT molecular complexity index is 424. The van der Waals surface area contributed by atoms with E-state index in [9.17, 15) is 5.11 Å². The van der Waals surface area contributed by atoms with Crippen LogP contribution >= 0.6 is 11.6 Å². The summed E-state index contributed by atoms with van der Waals surface area (Å²) in [5.41, 5.74) is 1.15. The van der Waals surface area contributed by atoms with Gasteiger partial charge in [0.25, 0.3) is 0 Å². The number of hydrogen-bond donors (Lipinski definition) is 1. The van der Waals surface area contributed by atoms with Crippen LogP contribution in [-0.4, -0.2) is 74.2 Å². The van der Waals surface area contributed by atoms with Crippen LogP contribution in [-0.2, 0) is 6.54 Å². The van der Waals surface area contributed by atoms with Crippen molar-refractivity contribution in [3.8, 4) is 5.75 Å². The topological polar surface area (TPSA) is 30.0 Å². The molecule has 0 saturated heterocycles. The molecule has 0 heterocycles. The summed E-state index contributed by atoms with van der Waals surface area (Å²) >= 11 is 6.01. The molecule has 0 spiro atoms. The number of phenolic OH excluding ortho intramolecular Hbond substituents is 1. The third-order valence-corrected chi connectivity index (χ3v) is 3.88. The van der Waals surface area contributed by atoms with Crippen LogP contribution in [0.5, 0.6) is 5.75 Å². The Labute approximate surface area is 140 Å². The van der Waals surface area contributed by atoms with Gasteiger partial charge in [0.15, 0.2) is 0 Å². The van der Waals surface area contributed by atoms with E-state index in [-0.39, 0.29) is 5.75 Å². The standard InChI is InChI=1S/C17H30ClN3O/c1-19(2)9-5-11-21(12-6-10-20(3)4)14-15-7-8-17(22)16(18)13-15/h7-8,13,22H,5-6,9-12,14H2,1-4H3. The van der Waals surface area contributed by atoms with Gasteiger partial charge in [-0.05, 0) is 84.9 Å². The van der Waals surface area contributed by atoms with Crippen LogP contribution in [0.25, 0.3) is 0 Å². The van der Waals surface area contributed by atoms with Gasteiger partial charge in [-0.15, -0.1) is 0 Å². The molecule has 0 fully saturated rings. The summed E-state index contributed by atoms with van der Waals surface area (Å²) in [6, 6.07) is 5.49. The average molecular weight is 328 g/mol. The monoisotopic (exact) mass is 327 g/mol. The molecule has 0 aliphatic heterocycles. The first-order chi connectivity index (χ1) is 10.4. The highest BCUT2D eigenvalue weighted by atomic mass is 35.5. The van der Waals surface area contributed by atoms with Crippen LogP contribution in [0, 0.1) is 0 Å². The molecular formula is C17H30ClN3O. The lowest BCUT2D eigenvalue weighted by Gasteiger charge is -2.24. The minimum Gasteiger partial charge on any atom is -0.506 e. The van der Waals surface area contributed by atoms with Gasteiger partial charge in [0, 0.05) is 6.54 Å². The lowest BCUT2D eigenvalue weighted by Crippen LogP contribution is -2.30. The number of hydrogen-bond acceptors (Lipinski definition) is 4. The maximum Gasteiger partial charge on any atom is 0.134 e. The summed E-state index contributed by atoms with van der Waals surface area (Å²) in [7, 11) is 8.43. The Kier molecular flexibility index (Phi) is 8.79. The first kappa shape index (κ1) is 19.2. The molecule has 1 N–H and O–H groups in total. The number of rotatable bonds is 10. The first-order valence-corrected chi connectivity index (χ1v) is 8.25. The normalized spacial score (nSPS) is 11.8. The number of benzene rings is 1. The Hall–Kier alpha value is -0.810. The number of halogens is 1. The Morgan fingerprint density at radius 1 is 0.909 bits per heavy atom. The van der Waals surface area contributed by atoms with Gasteiger partial charge >= 0.3 is 0 Å². The number of phenols is 1. The van der Waals surface area contributed by atoms with Crippen molar-refractivity contribution in [1.29, 1.82) is 0 Å². The van der Waals surface area contributed by atoms with Crippen LogP contribution in [0.1, 0.15) is 18.4 Å². The highest BCUT2D eigenvalue weighted by Gasteiger charge is 2.08. The molecule has 0 unspecified atom stereocenters. The predicted molar refractivity (Wildman–Crippen MR) is 94.7 cm³/mol. The van der Waals surface area contributed by atoms with Crippen molar-refractivity contribution < 1.29 is 5.11 Å². The van der Waals surface area contributed by atoms with Gasteiger partial charge in [-0.25, -0.2) is 0 Å². The largest absolute Gasteiger partial charge is 0.506 e. The van der Waals surface area contributed by atoms with Gasteiger partial charge in [-0.1, -0.05) is 17.7 Å². The van der Waals surface area contributed by atoms with Crippen LogP contribution in [0.15, 0.2) is 18.2 Å². The molecule has 5 heteroatoms. The number of nitrogens with zero attached hydrogens (tertiary/aromatic N) is 3. The average Bonchev–Trinajstić information content (AvgIpc) is 2.42. The second-order valence-corrected chi connectivity index (χ2v) is 6.78. The molecule has 1 aromatic rings. The Morgan fingerprint density at radius 3 is 1.91 bits per heavy atom. The van der Waals surface area contributed by atoms with Crippen molar-refractivity contribution in [3.05, 3.63) is 28.8 Å². The molecule has 0 aliphatic carbocycles. The fourth-order valence-electron chi connectivity index (χ4n) is 2.40. The van der Waals surface area contributed by atoms with E-state index in [0.717, 1.165) is 51.1 Å². The summed E-state index contributed by atoms with van der Waals surface area (Å²) in [5, 5.41) is 9.96. The quantitative estimate of drug-likeness (QED) is 0.715. The first-order valence-electron chi connectivity index (χ1n) is 7.87. The molecular weight excluding hydrogens is 298 g/mol. The number of aromatic hydroxyl groups is 1. The molecule has 0 amide bonds. The summed E-state index contributed by atoms with van der Waals surface area (Å²) < 4.78 is 0. The van der Waals surface area contributed by atoms with Gasteiger partial charge in [-0.2, -0.15) is 0 Å². The molecule has 0 bridgehead atoms. The minimum absolute atomic E-state index is 0.150. The van der Waals surface area contributed by atoms with Gasteiger partial charge in [0.05, 0.1) is 5.02 Å². The molecule has 0 aliphatic rings. The third-order valence-electron chi connectivity index (χ3n) is 3.58. The molecule has 22 heavy (non-hydrogen) atoms. The van der Waals surface area contributed by atoms with Crippen molar-refractivity contribution in [2.24, 2.45) is 0 Å². The van der Waals surface area contributed by atoms with Crippen LogP contribution in [0.3, 0.4) is 0 Å². The van der Waals surface area contributed by atoms with Gasteiger partial charge in [0.1, 0.15) is 5.75 Å². The third kappa shape index (κ3) is 7.99. The van der Waals surface area contributed by atoms with Gasteiger partial charge < -0.3 is 14.9 Å². The molecule has 0 saturated carbocycles. The van der Waals surface area contributed by atoms with Crippen molar-refractivity contribution in [1.82, 2.24) is 14.7 Å². The highest BCUT2D eigenvalue weighted by Crippen LogP contribution is 2.24. The van der Waals surface area contributed by atoms with Crippen molar-refractivity contribution in [2.45, 2.75) is 19.4 Å². The molecule has 0 aromatic heterocycles. The fourth-order valence-corrected chi connectivity index (χ4v) is 2.60. The van der Waals surface area contributed by atoms with Crippen molar-refractivity contribution in [2.75, 3.05) is 54.4 Å². The summed E-state index contributed by atoms with van der Waals surface area (Å²) in [6.45, 7) is 5.22. The van der Waals surface area contributed by atoms with E-state index in [1.165, 1.54) is 0 Å². The van der Waals surface area contributed by atoms with Gasteiger partial charge in [-0.3, -0.25) is 4.90 Å². The summed E-state index contributed by atoms with van der Waals surface area (Å²) in [5.74, 6) is 0.150. The highest BCUT2D eigenvalue weighted by molar-refractivity contribution is 6.32. The lowest BCUT2D eigenvalue weighted by molar-refractivity contribution is 0.234.